The van der Waals surface area contributed by atoms with Crippen molar-refractivity contribution < 1.29 is 22.7 Å². The first-order valence-electron chi connectivity index (χ1n) is 12.2. The molecule has 1 saturated carbocycles. The molecule has 1 aliphatic carbocycles. The maximum absolute atomic E-state index is 13.7. The number of nitrogens with one attached hydrogen (secondary N) is 1. The Morgan fingerprint density at radius 1 is 1.11 bits per heavy atom. The van der Waals surface area contributed by atoms with Crippen molar-refractivity contribution in [2.24, 2.45) is 0 Å². The minimum Gasteiger partial charge on any atom is -0.495 e. The molecule has 8 nitrogen and oxygen atoms in total. The number of methoxy groups -OCH3 is 1. The lowest BCUT2D eigenvalue weighted by Gasteiger charge is -2.33. The van der Waals surface area contributed by atoms with Gasteiger partial charge in [-0.05, 0) is 49.6 Å². The Bertz CT molecular complexity index is 1220. The standard InChI is InChI=1S/C26H33Cl2N3O5S/c1-18(26(33)29-21-9-5-4-6-10-21)30(16-19-13-14-20(27)15-22(19)28)25(32)17-31(37(3,34)35)23-11-7-8-12-24(23)36-2/h7-8,11-15,18,21H,4-6,9-10,16-17H2,1-3H3,(H,29,33). The second-order valence-electron chi connectivity index (χ2n) is 9.22. The summed E-state index contributed by atoms with van der Waals surface area (Å²) in [5.74, 6) is -0.557. The molecule has 0 aromatic heterocycles. The maximum Gasteiger partial charge on any atom is 0.244 e. The Morgan fingerprint density at radius 2 is 1.78 bits per heavy atom. The van der Waals surface area contributed by atoms with E-state index in [1.165, 1.54) is 12.0 Å². The van der Waals surface area contributed by atoms with E-state index in [0.717, 1.165) is 42.7 Å². The summed E-state index contributed by atoms with van der Waals surface area (Å²) in [6.07, 6.45) is 6.05. The molecule has 2 aromatic carbocycles. The van der Waals surface area contributed by atoms with E-state index < -0.39 is 28.5 Å². The molecule has 2 aromatic rings. The van der Waals surface area contributed by atoms with Gasteiger partial charge < -0.3 is 15.0 Å². The lowest BCUT2D eigenvalue weighted by atomic mass is 9.95. The third kappa shape index (κ3) is 7.75. The molecule has 1 N–H and O–H groups in total. The molecular weight excluding hydrogens is 537 g/mol. The number of sulfonamides is 1. The van der Waals surface area contributed by atoms with E-state index in [4.69, 9.17) is 27.9 Å². The smallest absolute Gasteiger partial charge is 0.244 e. The number of carbonyl (C=O) groups excluding carboxylic acids is 2. The van der Waals surface area contributed by atoms with Crippen LogP contribution in [0, 0.1) is 0 Å². The van der Waals surface area contributed by atoms with Gasteiger partial charge in [-0.1, -0.05) is 60.7 Å². The summed E-state index contributed by atoms with van der Waals surface area (Å²) in [6, 6.07) is 10.6. The van der Waals surface area contributed by atoms with E-state index in [1.54, 1.807) is 49.4 Å². The van der Waals surface area contributed by atoms with Gasteiger partial charge in [0.05, 0.1) is 19.1 Å². The monoisotopic (exact) mass is 569 g/mol. The lowest BCUT2D eigenvalue weighted by Crippen LogP contribution is -2.53. The molecule has 0 aliphatic heterocycles. The summed E-state index contributed by atoms with van der Waals surface area (Å²) in [5, 5.41) is 3.84. The molecule has 0 radical (unpaired) electrons. The Hall–Kier alpha value is -2.49. The van der Waals surface area contributed by atoms with Gasteiger partial charge in [0.25, 0.3) is 0 Å². The van der Waals surface area contributed by atoms with Crippen LogP contribution in [0.1, 0.15) is 44.6 Å². The highest BCUT2D eigenvalue weighted by atomic mass is 35.5. The van der Waals surface area contributed by atoms with Crippen LogP contribution >= 0.6 is 23.2 Å². The number of ether oxygens (including phenoxy) is 1. The predicted molar refractivity (Wildman–Crippen MR) is 147 cm³/mol. The van der Waals surface area contributed by atoms with Crippen LogP contribution in [0.3, 0.4) is 0 Å². The maximum atomic E-state index is 13.7. The van der Waals surface area contributed by atoms with Gasteiger partial charge in [0.15, 0.2) is 0 Å². The number of hydrogen-bond donors (Lipinski definition) is 1. The highest BCUT2D eigenvalue weighted by molar-refractivity contribution is 7.92. The third-order valence-corrected chi connectivity index (χ3v) is 8.22. The van der Waals surface area contributed by atoms with Gasteiger partial charge in [0.2, 0.25) is 21.8 Å². The SMILES string of the molecule is COc1ccccc1N(CC(=O)N(Cc1ccc(Cl)cc1Cl)C(C)C(=O)NC1CCCCC1)S(C)(=O)=O. The Labute approximate surface area is 228 Å². The molecule has 0 spiro atoms. The van der Waals surface area contributed by atoms with E-state index >= 15 is 0 Å². The molecule has 1 fully saturated rings. The van der Waals surface area contributed by atoms with Crippen molar-refractivity contribution >= 4 is 50.7 Å². The molecule has 3 rings (SSSR count). The molecule has 0 saturated heterocycles. The van der Waals surface area contributed by atoms with Gasteiger partial charge in [0.1, 0.15) is 18.3 Å². The zero-order chi connectivity index (χ0) is 27.2. The van der Waals surface area contributed by atoms with Crippen molar-refractivity contribution in [3.05, 3.63) is 58.1 Å². The number of para-hydroxylation sites is 2. The van der Waals surface area contributed by atoms with E-state index in [0.29, 0.717) is 21.4 Å². The summed E-state index contributed by atoms with van der Waals surface area (Å²) in [5.41, 5.74) is 0.810. The summed E-state index contributed by atoms with van der Waals surface area (Å²) < 4.78 is 31.8. The normalized spacial score (nSPS) is 15.1. The average molecular weight is 571 g/mol. The zero-order valence-electron chi connectivity index (χ0n) is 21.2. The van der Waals surface area contributed by atoms with E-state index in [2.05, 4.69) is 5.32 Å². The Morgan fingerprint density at radius 3 is 2.41 bits per heavy atom. The van der Waals surface area contributed by atoms with Gasteiger partial charge >= 0.3 is 0 Å². The van der Waals surface area contributed by atoms with Crippen LogP contribution in [0.5, 0.6) is 5.75 Å². The number of carbonyl (C=O) groups is 2. The van der Waals surface area contributed by atoms with Crippen LogP contribution in [0.2, 0.25) is 10.0 Å². The molecule has 1 unspecified atom stereocenters. The second-order valence-corrected chi connectivity index (χ2v) is 12.0. The highest BCUT2D eigenvalue weighted by Crippen LogP contribution is 2.30. The molecular formula is C26H33Cl2N3O5S. The number of amides is 2. The van der Waals surface area contributed by atoms with Crippen molar-refractivity contribution in [2.45, 2.75) is 57.7 Å². The van der Waals surface area contributed by atoms with Crippen molar-refractivity contribution in [3.8, 4) is 5.75 Å². The second kappa shape index (κ2) is 12.8. The van der Waals surface area contributed by atoms with Gasteiger partial charge in [-0.2, -0.15) is 0 Å². The third-order valence-electron chi connectivity index (χ3n) is 6.51. The Kier molecular flexibility index (Phi) is 10.1. The fourth-order valence-electron chi connectivity index (χ4n) is 4.42. The van der Waals surface area contributed by atoms with Gasteiger partial charge in [-0.25, -0.2) is 8.42 Å². The summed E-state index contributed by atoms with van der Waals surface area (Å²) in [6.45, 7) is 1.11. The zero-order valence-corrected chi connectivity index (χ0v) is 23.6. The van der Waals surface area contributed by atoms with Crippen LogP contribution < -0.4 is 14.4 Å². The van der Waals surface area contributed by atoms with E-state index in [9.17, 15) is 18.0 Å². The number of nitrogens with zero attached hydrogens (tertiary/aromatic N) is 2. The van der Waals surface area contributed by atoms with Gasteiger partial charge in [-0.3, -0.25) is 13.9 Å². The fourth-order valence-corrected chi connectivity index (χ4v) is 5.74. The number of anilines is 1. The van der Waals surface area contributed by atoms with Gasteiger partial charge in [0, 0.05) is 22.6 Å². The molecule has 11 heteroatoms. The summed E-state index contributed by atoms with van der Waals surface area (Å²) in [4.78, 5) is 28.3. The number of benzene rings is 2. The van der Waals surface area contributed by atoms with Crippen LogP contribution in [-0.4, -0.2) is 57.1 Å². The minimum absolute atomic E-state index is 0.00237. The largest absolute Gasteiger partial charge is 0.495 e. The first-order chi connectivity index (χ1) is 17.5. The first kappa shape index (κ1) is 29.1. The fraction of sp³-hybridized carbons (Fsp3) is 0.462. The number of halogens is 2. The van der Waals surface area contributed by atoms with Crippen LogP contribution in [0.15, 0.2) is 42.5 Å². The van der Waals surface area contributed by atoms with Crippen molar-refractivity contribution in [2.75, 3.05) is 24.2 Å². The molecule has 202 valence electrons. The van der Waals surface area contributed by atoms with E-state index in [1.807, 2.05) is 0 Å². The molecule has 1 aliphatic rings. The number of hydrogen-bond acceptors (Lipinski definition) is 5. The lowest BCUT2D eigenvalue weighted by molar-refractivity contribution is -0.139. The average Bonchev–Trinajstić information content (AvgIpc) is 2.86. The highest BCUT2D eigenvalue weighted by Gasteiger charge is 2.32. The molecule has 0 bridgehead atoms. The topological polar surface area (TPSA) is 96.0 Å². The van der Waals surface area contributed by atoms with Crippen LogP contribution in [0.25, 0.3) is 0 Å². The quantitative estimate of drug-likeness (QED) is 0.449. The van der Waals surface area contributed by atoms with Crippen molar-refractivity contribution in [1.29, 1.82) is 0 Å². The van der Waals surface area contributed by atoms with Crippen molar-refractivity contribution in [1.82, 2.24) is 10.2 Å². The Balaban J connectivity index is 1.92. The minimum atomic E-state index is -3.87. The van der Waals surface area contributed by atoms with E-state index in [-0.39, 0.29) is 24.2 Å². The number of rotatable bonds is 10. The van der Waals surface area contributed by atoms with Gasteiger partial charge in [-0.15, -0.1) is 0 Å². The van der Waals surface area contributed by atoms with Crippen LogP contribution in [-0.2, 0) is 26.2 Å². The summed E-state index contributed by atoms with van der Waals surface area (Å²) in [7, 11) is -2.45. The predicted octanol–water partition coefficient (Wildman–Crippen LogP) is 4.63. The summed E-state index contributed by atoms with van der Waals surface area (Å²) >= 11 is 12.4. The molecule has 0 heterocycles. The molecule has 37 heavy (non-hydrogen) atoms. The molecule has 1 atom stereocenters. The van der Waals surface area contributed by atoms with Crippen LogP contribution in [0.4, 0.5) is 5.69 Å². The van der Waals surface area contributed by atoms with Crippen molar-refractivity contribution in [3.63, 3.8) is 0 Å². The first-order valence-corrected chi connectivity index (χ1v) is 14.8. The molecule has 2 amide bonds.